The van der Waals surface area contributed by atoms with Crippen molar-refractivity contribution >= 4 is 11.8 Å². The lowest BCUT2D eigenvalue weighted by Gasteiger charge is -2.20. The van der Waals surface area contributed by atoms with Crippen LogP contribution in [-0.2, 0) is 4.79 Å². The van der Waals surface area contributed by atoms with E-state index in [4.69, 9.17) is 5.11 Å². The average molecular weight is 288 g/mol. The molecular weight excluding hydrogens is 268 g/mol. The monoisotopic (exact) mass is 288 g/mol. The fraction of sp³-hybridized carbons (Fsp3) is 0.375. The van der Waals surface area contributed by atoms with E-state index in [1.54, 1.807) is 24.3 Å². The van der Waals surface area contributed by atoms with Crippen LogP contribution in [0.25, 0.3) is 0 Å². The van der Waals surface area contributed by atoms with Gasteiger partial charge in [0.05, 0.1) is 12.1 Å². The fourth-order valence-corrected chi connectivity index (χ4v) is 1.64. The lowest BCUT2D eigenvalue weighted by atomic mass is 10.1. The minimum absolute atomic E-state index is 0.0993. The second-order valence-corrected chi connectivity index (χ2v) is 5.49. The van der Waals surface area contributed by atoms with Crippen molar-refractivity contribution in [1.82, 2.24) is 10.6 Å². The topological polar surface area (TPSA) is 78.4 Å². The summed E-state index contributed by atoms with van der Waals surface area (Å²) in [6.07, 6.45) is 0. The lowest BCUT2D eigenvalue weighted by molar-refractivity contribution is -0.121. The number of carbonyl (C=O) groups is 2. The molecule has 0 saturated heterocycles. The standard InChI is InChI=1S/C16H20N2O3/c1-16(2,3)18-14(20)11-17-15(21)13-9-5-4-7-12(13)8-6-10-19/h4-5,7,9,19H,10-11H2,1-3H3,(H,17,21)(H,18,20). The van der Waals surface area contributed by atoms with Crippen LogP contribution in [0.5, 0.6) is 0 Å². The van der Waals surface area contributed by atoms with Crippen molar-refractivity contribution < 1.29 is 14.7 Å². The summed E-state index contributed by atoms with van der Waals surface area (Å²) in [5.41, 5.74) is 0.550. The van der Waals surface area contributed by atoms with E-state index in [-0.39, 0.29) is 30.5 Å². The van der Waals surface area contributed by atoms with Crippen LogP contribution in [0, 0.1) is 11.8 Å². The van der Waals surface area contributed by atoms with Gasteiger partial charge in [0.15, 0.2) is 0 Å². The third-order valence-corrected chi connectivity index (χ3v) is 2.40. The van der Waals surface area contributed by atoms with Gasteiger partial charge in [-0.1, -0.05) is 24.0 Å². The normalized spacial score (nSPS) is 10.3. The Morgan fingerprint density at radius 2 is 1.90 bits per heavy atom. The molecule has 0 bridgehead atoms. The Balaban J connectivity index is 2.71. The molecule has 0 aliphatic heterocycles. The molecule has 1 rings (SSSR count). The Hall–Kier alpha value is -2.32. The van der Waals surface area contributed by atoms with Gasteiger partial charge in [0.2, 0.25) is 5.91 Å². The molecule has 0 atom stereocenters. The summed E-state index contributed by atoms with van der Waals surface area (Å²) in [7, 11) is 0. The zero-order valence-corrected chi connectivity index (χ0v) is 12.5. The van der Waals surface area contributed by atoms with E-state index in [1.807, 2.05) is 20.8 Å². The number of nitrogens with one attached hydrogen (secondary N) is 2. The van der Waals surface area contributed by atoms with Crippen LogP contribution < -0.4 is 10.6 Å². The summed E-state index contributed by atoms with van der Waals surface area (Å²) in [5.74, 6) is 4.58. The molecule has 0 heterocycles. The van der Waals surface area contributed by atoms with Crippen molar-refractivity contribution in [3.05, 3.63) is 35.4 Å². The first-order valence-electron chi connectivity index (χ1n) is 6.61. The molecule has 0 aliphatic rings. The summed E-state index contributed by atoms with van der Waals surface area (Å²) >= 11 is 0. The van der Waals surface area contributed by atoms with Crippen molar-refractivity contribution in [1.29, 1.82) is 0 Å². The maximum Gasteiger partial charge on any atom is 0.252 e. The van der Waals surface area contributed by atoms with Gasteiger partial charge in [0.25, 0.3) is 5.91 Å². The van der Waals surface area contributed by atoms with Gasteiger partial charge in [0.1, 0.15) is 6.61 Å². The maximum absolute atomic E-state index is 12.1. The fourth-order valence-electron chi connectivity index (χ4n) is 1.64. The van der Waals surface area contributed by atoms with Gasteiger partial charge in [-0.3, -0.25) is 9.59 Å². The second kappa shape index (κ2) is 7.46. The van der Waals surface area contributed by atoms with Crippen LogP contribution in [0.3, 0.4) is 0 Å². The summed E-state index contributed by atoms with van der Waals surface area (Å²) in [6.45, 7) is 5.23. The Kier molecular flexibility index (Phi) is 5.94. The summed E-state index contributed by atoms with van der Waals surface area (Å²) < 4.78 is 0. The van der Waals surface area contributed by atoms with Crippen LogP contribution in [0.15, 0.2) is 24.3 Å². The molecule has 0 aromatic heterocycles. The van der Waals surface area contributed by atoms with Gasteiger partial charge in [0, 0.05) is 11.1 Å². The summed E-state index contributed by atoms with van der Waals surface area (Å²) in [6, 6.07) is 6.78. The number of benzene rings is 1. The largest absolute Gasteiger partial charge is 0.384 e. The molecule has 1 aromatic rings. The van der Waals surface area contributed by atoms with Gasteiger partial charge < -0.3 is 15.7 Å². The molecule has 2 amide bonds. The van der Waals surface area contributed by atoms with Crippen LogP contribution in [0.4, 0.5) is 0 Å². The molecule has 0 radical (unpaired) electrons. The van der Waals surface area contributed by atoms with Crippen molar-refractivity contribution in [2.45, 2.75) is 26.3 Å². The minimum atomic E-state index is -0.373. The van der Waals surface area contributed by atoms with Crippen molar-refractivity contribution in [2.75, 3.05) is 13.2 Å². The summed E-state index contributed by atoms with van der Waals surface area (Å²) in [5, 5.41) is 14.0. The molecule has 0 fully saturated rings. The number of hydrogen-bond donors (Lipinski definition) is 3. The smallest absolute Gasteiger partial charge is 0.252 e. The average Bonchev–Trinajstić information content (AvgIpc) is 2.41. The molecule has 3 N–H and O–H groups in total. The Labute approximate surface area is 124 Å². The number of aliphatic hydroxyl groups excluding tert-OH is 1. The number of amides is 2. The van der Waals surface area contributed by atoms with Crippen LogP contribution in [0.1, 0.15) is 36.7 Å². The van der Waals surface area contributed by atoms with Crippen LogP contribution in [0.2, 0.25) is 0 Å². The van der Waals surface area contributed by atoms with Gasteiger partial charge in [-0.15, -0.1) is 0 Å². The number of hydrogen-bond acceptors (Lipinski definition) is 3. The number of carbonyl (C=O) groups excluding carboxylic acids is 2. The predicted molar refractivity (Wildman–Crippen MR) is 80.6 cm³/mol. The van der Waals surface area contributed by atoms with Crippen molar-refractivity contribution in [3.8, 4) is 11.8 Å². The van der Waals surface area contributed by atoms with E-state index < -0.39 is 0 Å². The molecule has 1 aromatic carbocycles. The van der Waals surface area contributed by atoms with E-state index in [0.29, 0.717) is 11.1 Å². The van der Waals surface area contributed by atoms with E-state index in [0.717, 1.165) is 0 Å². The highest BCUT2D eigenvalue weighted by atomic mass is 16.2. The zero-order chi connectivity index (χ0) is 15.9. The molecule has 0 saturated carbocycles. The van der Waals surface area contributed by atoms with Gasteiger partial charge in [-0.25, -0.2) is 0 Å². The van der Waals surface area contributed by atoms with Gasteiger partial charge >= 0.3 is 0 Å². The molecule has 0 spiro atoms. The first-order valence-corrected chi connectivity index (χ1v) is 6.61. The third-order valence-electron chi connectivity index (χ3n) is 2.40. The highest BCUT2D eigenvalue weighted by Crippen LogP contribution is 2.07. The SMILES string of the molecule is CC(C)(C)NC(=O)CNC(=O)c1ccccc1C#CCO. The lowest BCUT2D eigenvalue weighted by Crippen LogP contribution is -2.45. The van der Waals surface area contributed by atoms with E-state index in [2.05, 4.69) is 22.5 Å². The Morgan fingerprint density at radius 1 is 1.24 bits per heavy atom. The van der Waals surface area contributed by atoms with E-state index in [1.165, 1.54) is 0 Å². The third kappa shape index (κ3) is 6.11. The molecule has 112 valence electrons. The molecule has 0 unspecified atom stereocenters. The van der Waals surface area contributed by atoms with Crippen molar-refractivity contribution in [2.24, 2.45) is 0 Å². The molecule has 5 heteroatoms. The quantitative estimate of drug-likeness (QED) is 0.716. The van der Waals surface area contributed by atoms with Gasteiger partial charge in [-0.05, 0) is 32.9 Å². The zero-order valence-electron chi connectivity index (χ0n) is 12.5. The summed E-state index contributed by atoms with van der Waals surface area (Å²) in [4.78, 5) is 23.7. The number of aliphatic hydroxyl groups is 1. The first kappa shape index (κ1) is 16.7. The Bertz CT molecular complexity index is 577. The molecule has 0 aliphatic carbocycles. The highest BCUT2D eigenvalue weighted by Gasteiger charge is 2.15. The van der Waals surface area contributed by atoms with E-state index in [9.17, 15) is 9.59 Å². The number of rotatable bonds is 3. The van der Waals surface area contributed by atoms with Crippen LogP contribution >= 0.6 is 0 Å². The van der Waals surface area contributed by atoms with Gasteiger partial charge in [-0.2, -0.15) is 0 Å². The van der Waals surface area contributed by atoms with E-state index >= 15 is 0 Å². The van der Waals surface area contributed by atoms with Crippen molar-refractivity contribution in [3.63, 3.8) is 0 Å². The highest BCUT2D eigenvalue weighted by molar-refractivity contribution is 5.98. The second-order valence-electron chi connectivity index (χ2n) is 5.49. The minimum Gasteiger partial charge on any atom is -0.384 e. The molecule has 21 heavy (non-hydrogen) atoms. The first-order chi connectivity index (χ1) is 9.83. The predicted octanol–water partition coefficient (Wildman–Crippen LogP) is 0.675. The Morgan fingerprint density at radius 3 is 2.52 bits per heavy atom. The maximum atomic E-state index is 12.1. The molecule has 5 nitrogen and oxygen atoms in total. The van der Waals surface area contributed by atoms with Crippen LogP contribution in [-0.4, -0.2) is 35.6 Å². The molecular formula is C16H20N2O3.